The second-order valence-electron chi connectivity index (χ2n) is 4.40. The van der Waals surface area contributed by atoms with Gasteiger partial charge in [0.25, 0.3) is 0 Å². The molecule has 0 aromatic heterocycles. The van der Waals surface area contributed by atoms with Gasteiger partial charge in [-0.2, -0.15) is 0 Å². The lowest BCUT2D eigenvalue weighted by molar-refractivity contribution is 0.541. The van der Waals surface area contributed by atoms with E-state index in [9.17, 15) is 0 Å². The lowest BCUT2D eigenvalue weighted by Crippen LogP contribution is -1.93. The van der Waals surface area contributed by atoms with Crippen LogP contribution in [-0.4, -0.2) is 0 Å². The van der Waals surface area contributed by atoms with Crippen LogP contribution in [0.15, 0.2) is 30.3 Å². The summed E-state index contributed by atoms with van der Waals surface area (Å²) >= 11 is 0. The number of hydrogen-bond donors (Lipinski definition) is 0. The first-order valence-electron chi connectivity index (χ1n) is 6.16. The molecule has 0 aliphatic heterocycles. The monoisotopic (exact) mass is 203 g/mol. The van der Waals surface area contributed by atoms with E-state index in [1.807, 2.05) is 0 Å². The van der Waals surface area contributed by atoms with Gasteiger partial charge in [0.1, 0.15) is 0 Å². The molecular weight excluding hydrogens is 180 g/mol. The van der Waals surface area contributed by atoms with Gasteiger partial charge in [-0.1, -0.05) is 63.4 Å². The summed E-state index contributed by atoms with van der Waals surface area (Å²) in [6.07, 6.45) is 8.97. The van der Waals surface area contributed by atoms with Crippen molar-refractivity contribution in [3.63, 3.8) is 0 Å². The third kappa shape index (κ3) is 5.61. The van der Waals surface area contributed by atoms with E-state index in [0.29, 0.717) is 0 Å². The second-order valence-corrected chi connectivity index (χ2v) is 4.40. The first-order chi connectivity index (χ1) is 7.33. The van der Waals surface area contributed by atoms with E-state index in [0.717, 1.165) is 5.92 Å². The van der Waals surface area contributed by atoms with Gasteiger partial charge in [-0.25, -0.2) is 0 Å². The fraction of sp³-hybridized carbons (Fsp3) is 0.533. The molecule has 0 heterocycles. The molecule has 0 saturated heterocycles. The van der Waals surface area contributed by atoms with Crippen LogP contribution in [0.25, 0.3) is 0 Å². The Balaban J connectivity index is 2.03. The fourth-order valence-corrected chi connectivity index (χ4v) is 1.78. The summed E-state index contributed by atoms with van der Waals surface area (Å²) in [7, 11) is 0. The van der Waals surface area contributed by atoms with Crippen LogP contribution < -0.4 is 0 Å². The van der Waals surface area contributed by atoms with E-state index < -0.39 is 0 Å². The fourth-order valence-electron chi connectivity index (χ4n) is 1.78. The molecule has 0 aliphatic rings. The van der Waals surface area contributed by atoms with E-state index in [2.05, 4.69) is 50.6 Å². The van der Waals surface area contributed by atoms with Gasteiger partial charge >= 0.3 is 0 Å². The highest BCUT2D eigenvalue weighted by molar-refractivity contribution is 5.14. The van der Waals surface area contributed by atoms with Gasteiger partial charge in [-0.3, -0.25) is 0 Å². The van der Waals surface area contributed by atoms with Crippen molar-refractivity contribution in [3.8, 4) is 0 Å². The lowest BCUT2D eigenvalue weighted by atomic mass is 9.99. The van der Waals surface area contributed by atoms with Gasteiger partial charge in [0.05, 0.1) is 0 Å². The second kappa shape index (κ2) is 7.50. The summed E-state index contributed by atoms with van der Waals surface area (Å²) in [5, 5.41) is 0. The van der Waals surface area contributed by atoms with Crippen LogP contribution in [0.3, 0.4) is 0 Å². The maximum atomic E-state index is 2.30. The molecule has 0 heteroatoms. The van der Waals surface area contributed by atoms with Gasteiger partial charge in [-0.15, -0.1) is 0 Å². The van der Waals surface area contributed by atoms with E-state index in [1.165, 1.54) is 37.7 Å². The SMILES string of the molecule is C[CH]C(C)CCCCCc1ccccc1. The van der Waals surface area contributed by atoms with E-state index >= 15 is 0 Å². The quantitative estimate of drug-likeness (QED) is 0.566. The molecule has 0 aliphatic carbocycles. The van der Waals surface area contributed by atoms with Gasteiger partial charge in [0.15, 0.2) is 0 Å². The Morgan fingerprint density at radius 3 is 2.47 bits per heavy atom. The van der Waals surface area contributed by atoms with Gasteiger partial charge < -0.3 is 0 Å². The molecular formula is C15H23. The Hall–Kier alpha value is -0.780. The Morgan fingerprint density at radius 1 is 1.07 bits per heavy atom. The minimum Gasteiger partial charge on any atom is -0.0622 e. The van der Waals surface area contributed by atoms with Crippen molar-refractivity contribution < 1.29 is 0 Å². The first kappa shape index (κ1) is 12.3. The number of unbranched alkanes of at least 4 members (excludes halogenated alkanes) is 2. The average Bonchev–Trinajstić information content (AvgIpc) is 2.29. The maximum Gasteiger partial charge on any atom is -0.0279 e. The highest BCUT2D eigenvalue weighted by atomic mass is 14.0. The van der Waals surface area contributed by atoms with Crippen molar-refractivity contribution in [2.24, 2.45) is 5.92 Å². The molecule has 0 spiro atoms. The van der Waals surface area contributed by atoms with Crippen LogP contribution in [0.4, 0.5) is 0 Å². The van der Waals surface area contributed by atoms with E-state index in [-0.39, 0.29) is 0 Å². The molecule has 1 unspecified atom stereocenters. The topological polar surface area (TPSA) is 0 Å². The third-order valence-electron chi connectivity index (χ3n) is 3.04. The van der Waals surface area contributed by atoms with Crippen molar-refractivity contribution in [3.05, 3.63) is 42.3 Å². The Bertz CT molecular complexity index is 237. The van der Waals surface area contributed by atoms with Crippen molar-refractivity contribution in [2.75, 3.05) is 0 Å². The number of benzene rings is 1. The van der Waals surface area contributed by atoms with Crippen LogP contribution in [0.1, 0.15) is 45.1 Å². The molecule has 1 aromatic rings. The van der Waals surface area contributed by atoms with Crippen LogP contribution in [0.2, 0.25) is 0 Å². The summed E-state index contributed by atoms with van der Waals surface area (Å²) in [5.41, 5.74) is 1.48. The van der Waals surface area contributed by atoms with Gasteiger partial charge in [0.2, 0.25) is 0 Å². The molecule has 1 atom stereocenters. The largest absolute Gasteiger partial charge is 0.0622 e. The molecule has 0 N–H and O–H groups in total. The molecule has 1 radical (unpaired) electrons. The minimum atomic E-state index is 0.793. The summed E-state index contributed by atoms with van der Waals surface area (Å²) < 4.78 is 0. The van der Waals surface area contributed by atoms with Crippen LogP contribution in [-0.2, 0) is 6.42 Å². The molecule has 0 bridgehead atoms. The molecule has 0 nitrogen and oxygen atoms in total. The zero-order chi connectivity index (χ0) is 10.9. The third-order valence-corrected chi connectivity index (χ3v) is 3.04. The molecule has 1 rings (SSSR count). The van der Waals surface area contributed by atoms with Crippen LogP contribution in [0, 0.1) is 12.3 Å². The lowest BCUT2D eigenvalue weighted by Gasteiger charge is -2.07. The van der Waals surface area contributed by atoms with Gasteiger partial charge in [0, 0.05) is 0 Å². The number of aryl methyl sites for hydroxylation is 1. The van der Waals surface area contributed by atoms with E-state index in [1.54, 1.807) is 0 Å². The van der Waals surface area contributed by atoms with Crippen molar-refractivity contribution in [1.82, 2.24) is 0 Å². The Morgan fingerprint density at radius 2 is 1.80 bits per heavy atom. The number of hydrogen-bond acceptors (Lipinski definition) is 0. The zero-order valence-electron chi connectivity index (χ0n) is 10.1. The summed E-state index contributed by atoms with van der Waals surface area (Å²) in [6, 6.07) is 10.8. The Kier molecular flexibility index (Phi) is 6.15. The normalized spacial score (nSPS) is 12.7. The summed E-state index contributed by atoms with van der Waals surface area (Å²) in [4.78, 5) is 0. The van der Waals surface area contributed by atoms with Crippen molar-refractivity contribution >= 4 is 0 Å². The molecule has 15 heavy (non-hydrogen) atoms. The summed E-state index contributed by atoms with van der Waals surface area (Å²) in [5.74, 6) is 0.793. The van der Waals surface area contributed by atoms with Crippen LogP contribution in [0.5, 0.6) is 0 Å². The average molecular weight is 203 g/mol. The molecule has 0 saturated carbocycles. The molecule has 0 amide bonds. The zero-order valence-corrected chi connectivity index (χ0v) is 10.1. The molecule has 83 valence electrons. The Labute approximate surface area is 94.7 Å². The standard InChI is InChI=1S/C15H23/c1-3-14(2)10-6-4-7-11-15-12-8-5-9-13-15/h3,5,8-9,12-14H,4,6-7,10-11H2,1-2H3. The summed E-state index contributed by atoms with van der Waals surface area (Å²) in [6.45, 7) is 4.46. The van der Waals surface area contributed by atoms with E-state index in [4.69, 9.17) is 0 Å². The van der Waals surface area contributed by atoms with Crippen molar-refractivity contribution in [1.29, 1.82) is 0 Å². The highest BCUT2D eigenvalue weighted by Gasteiger charge is 1.98. The smallest absolute Gasteiger partial charge is 0.0279 e. The number of rotatable bonds is 7. The predicted molar refractivity (Wildman–Crippen MR) is 67.8 cm³/mol. The first-order valence-corrected chi connectivity index (χ1v) is 6.16. The maximum absolute atomic E-state index is 2.30. The molecule has 0 fully saturated rings. The highest BCUT2D eigenvalue weighted by Crippen LogP contribution is 2.13. The van der Waals surface area contributed by atoms with Crippen molar-refractivity contribution in [2.45, 2.75) is 46.0 Å². The molecule has 1 aromatic carbocycles. The minimum absolute atomic E-state index is 0.793. The predicted octanol–water partition coefficient (Wildman–Crippen LogP) is 4.65. The van der Waals surface area contributed by atoms with Crippen LogP contribution >= 0.6 is 0 Å². The van der Waals surface area contributed by atoms with Gasteiger partial charge in [-0.05, 0) is 30.7 Å².